The first-order chi connectivity index (χ1) is 11.5. The fourth-order valence-electron chi connectivity index (χ4n) is 2.13. The quantitative estimate of drug-likeness (QED) is 0.674. The largest absolute Gasteiger partial charge is 0.496 e. The number of hydrogen-bond donors (Lipinski definition) is 2. The minimum absolute atomic E-state index is 0.105. The fraction of sp³-hybridized carbons (Fsp3) is 0.286. The zero-order valence-corrected chi connectivity index (χ0v) is 12.8. The lowest BCUT2D eigenvalue weighted by molar-refractivity contribution is -0.142. The molecule has 2 rings (SSSR count). The summed E-state index contributed by atoms with van der Waals surface area (Å²) in [6.07, 6.45) is 1.21. The minimum atomic E-state index is -1.11. The molecule has 126 valence electrons. The lowest BCUT2D eigenvalue weighted by atomic mass is 10.1. The third-order valence-electron chi connectivity index (χ3n) is 3.07. The Labute approximate surface area is 136 Å². The van der Waals surface area contributed by atoms with Crippen molar-refractivity contribution in [3.8, 4) is 17.1 Å². The second-order valence-corrected chi connectivity index (χ2v) is 4.83. The van der Waals surface area contributed by atoms with Crippen LogP contribution in [0.2, 0.25) is 0 Å². The first-order valence-corrected chi connectivity index (χ1v) is 6.83. The zero-order chi connectivity index (χ0) is 17.5. The molecule has 0 saturated carbocycles. The lowest BCUT2D eigenvalue weighted by Crippen LogP contribution is -2.34. The van der Waals surface area contributed by atoms with Gasteiger partial charge in [0, 0.05) is 17.7 Å². The zero-order valence-electron chi connectivity index (χ0n) is 12.8. The van der Waals surface area contributed by atoms with Crippen LogP contribution in [0, 0.1) is 0 Å². The molecule has 1 aromatic carbocycles. The summed E-state index contributed by atoms with van der Waals surface area (Å²) in [7, 11) is 1.46. The fourth-order valence-corrected chi connectivity index (χ4v) is 2.13. The minimum Gasteiger partial charge on any atom is -0.496 e. The molecule has 2 aromatic rings. The molecule has 0 fully saturated rings. The van der Waals surface area contributed by atoms with Crippen LogP contribution < -0.4 is 4.74 Å². The molecule has 1 aromatic heterocycles. The van der Waals surface area contributed by atoms with Gasteiger partial charge in [0.25, 0.3) is 0 Å². The van der Waals surface area contributed by atoms with Gasteiger partial charge >= 0.3 is 11.9 Å². The summed E-state index contributed by atoms with van der Waals surface area (Å²) in [5, 5.41) is 32.8. The van der Waals surface area contributed by atoms with E-state index in [1.165, 1.54) is 18.3 Å². The normalized spacial score (nSPS) is 10.6. The Balaban J connectivity index is 2.25. The summed E-state index contributed by atoms with van der Waals surface area (Å²) in [6.45, 7) is -0.687. The van der Waals surface area contributed by atoms with Crippen LogP contribution in [0.4, 0.5) is 0 Å². The van der Waals surface area contributed by atoms with Gasteiger partial charge in [-0.05, 0) is 6.07 Å². The Morgan fingerprint density at radius 3 is 2.29 bits per heavy atom. The Morgan fingerprint density at radius 1 is 1.12 bits per heavy atom. The van der Waals surface area contributed by atoms with Crippen LogP contribution >= 0.6 is 0 Å². The first kappa shape index (κ1) is 17.2. The van der Waals surface area contributed by atoms with E-state index in [1.54, 1.807) is 18.2 Å². The molecular formula is C14H15N5O5. The molecule has 0 aliphatic carbocycles. The molecule has 0 aliphatic rings. The van der Waals surface area contributed by atoms with Crippen molar-refractivity contribution < 1.29 is 24.5 Å². The summed E-state index contributed by atoms with van der Waals surface area (Å²) in [5.74, 6) is -1.45. The van der Waals surface area contributed by atoms with Crippen molar-refractivity contribution in [1.82, 2.24) is 25.3 Å². The monoisotopic (exact) mass is 333 g/mol. The standard InChI is InChI=1S/C14H15N5O5/c1-24-11-4-9(14-17-15-8-16-18-14)2-3-10(11)5-19(6-12(20)21)7-13(22)23/h2-4,8H,5-7H2,1H3,(H,20,21)(H,22,23). The molecule has 1 heterocycles. The van der Waals surface area contributed by atoms with Crippen LogP contribution in [0.3, 0.4) is 0 Å². The molecule has 10 heteroatoms. The van der Waals surface area contributed by atoms with E-state index in [9.17, 15) is 9.59 Å². The van der Waals surface area contributed by atoms with Crippen LogP contribution in [0.5, 0.6) is 5.75 Å². The average Bonchev–Trinajstić information content (AvgIpc) is 2.54. The molecule has 24 heavy (non-hydrogen) atoms. The Morgan fingerprint density at radius 2 is 1.75 bits per heavy atom. The Bertz CT molecular complexity index is 709. The van der Waals surface area contributed by atoms with E-state index in [1.807, 2.05) is 0 Å². The average molecular weight is 333 g/mol. The van der Waals surface area contributed by atoms with Gasteiger partial charge in [0.05, 0.1) is 20.2 Å². The highest BCUT2D eigenvalue weighted by Crippen LogP contribution is 2.25. The molecule has 0 atom stereocenters. The molecule has 0 aliphatic heterocycles. The van der Waals surface area contributed by atoms with Crippen LogP contribution in [0.15, 0.2) is 24.5 Å². The van der Waals surface area contributed by atoms with E-state index in [0.29, 0.717) is 22.7 Å². The number of aliphatic carboxylic acids is 2. The van der Waals surface area contributed by atoms with Gasteiger partial charge in [0.2, 0.25) is 5.82 Å². The number of nitrogens with zero attached hydrogens (tertiary/aromatic N) is 5. The summed E-state index contributed by atoms with van der Waals surface area (Å²) in [5.41, 5.74) is 1.26. The maximum Gasteiger partial charge on any atom is 0.317 e. The molecule has 0 bridgehead atoms. The van der Waals surface area contributed by atoms with Gasteiger partial charge in [-0.25, -0.2) is 0 Å². The van der Waals surface area contributed by atoms with Crippen molar-refractivity contribution in [1.29, 1.82) is 0 Å². The van der Waals surface area contributed by atoms with Crippen molar-refractivity contribution in [2.75, 3.05) is 20.2 Å². The molecule has 2 N–H and O–H groups in total. The van der Waals surface area contributed by atoms with Gasteiger partial charge in [-0.3, -0.25) is 14.5 Å². The van der Waals surface area contributed by atoms with Crippen molar-refractivity contribution in [2.45, 2.75) is 6.54 Å². The van der Waals surface area contributed by atoms with Crippen molar-refractivity contribution in [3.05, 3.63) is 30.1 Å². The van der Waals surface area contributed by atoms with Crippen LogP contribution in [-0.2, 0) is 16.1 Å². The molecule has 0 unspecified atom stereocenters. The highest BCUT2D eigenvalue weighted by atomic mass is 16.5. The first-order valence-electron chi connectivity index (χ1n) is 6.83. The predicted octanol–water partition coefficient (Wildman–Crippen LogP) is -0.0866. The maximum atomic E-state index is 10.9. The van der Waals surface area contributed by atoms with Crippen molar-refractivity contribution >= 4 is 11.9 Å². The van der Waals surface area contributed by atoms with E-state index < -0.39 is 25.0 Å². The van der Waals surface area contributed by atoms with Gasteiger partial charge in [0.1, 0.15) is 5.75 Å². The number of carboxylic acids is 2. The predicted molar refractivity (Wildman–Crippen MR) is 80.2 cm³/mol. The number of carbonyl (C=O) groups is 2. The number of methoxy groups -OCH3 is 1. The Kier molecular flexibility index (Phi) is 5.68. The maximum absolute atomic E-state index is 10.9. The van der Waals surface area contributed by atoms with E-state index in [0.717, 1.165) is 0 Å². The number of carboxylic acid groups (broad SMARTS) is 2. The van der Waals surface area contributed by atoms with E-state index in [2.05, 4.69) is 20.4 Å². The third kappa shape index (κ3) is 4.68. The summed E-state index contributed by atoms with van der Waals surface area (Å²) >= 11 is 0. The molecule has 0 radical (unpaired) electrons. The number of hydrogen-bond acceptors (Lipinski definition) is 8. The second kappa shape index (κ2) is 7.92. The highest BCUT2D eigenvalue weighted by molar-refractivity contribution is 5.72. The molecule has 0 amide bonds. The van der Waals surface area contributed by atoms with Crippen molar-refractivity contribution in [2.24, 2.45) is 0 Å². The van der Waals surface area contributed by atoms with E-state index >= 15 is 0 Å². The van der Waals surface area contributed by atoms with Crippen molar-refractivity contribution in [3.63, 3.8) is 0 Å². The molecular weight excluding hydrogens is 318 g/mol. The topological polar surface area (TPSA) is 139 Å². The van der Waals surface area contributed by atoms with Gasteiger partial charge in [-0.2, -0.15) is 0 Å². The summed E-state index contributed by atoms with van der Waals surface area (Å²) in [4.78, 5) is 23.0. The molecule has 10 nitrogen and oxygen atoms in total. The third-order valence-corrected chi connectivity index (χ3v) is 3.07. The van der Waals surface area contributed by atoms with Crippen LogP contribution in [-0.4, -0.2) is 67.6 Å². The van der Waals surface area contributed by atoms with Crippen LogP contribution in [0.1, 0.15) is 5.56 Å². The number of ether oxygens (including phenoxy) is 1. The lowest BCUT2D eigenvalue weighted by Gasteiger charge is -2.19. The van der Waals surface area contributed by atoms with Gasteiger partial charge < -0.3 is 14.9 Å². The second-order valence-electron chi connectivity index (χ2n) is 4.83. The number of aromatic nitrogens is 4. The van der Waals surface area contributed by atoms with E-state index in [-0.39, 0.29) is 6.54 Å². The molecule has 0 spiro atoms. The summed E-state index contributed by atoms with van der Waals surface area (Å²) < 4.78 is 5.30. The van der Waals surface area contributed by atoms with Crippen LogP contribution in [0.25, 0.3) is 11.4 Å². The van der Waals surface area contributed by atoms with Gasteiger partial charge in [-0.1, -0.05) is 12.1 Å². The number of benzene rings is 1. The highest BCUT2D eigenvalue weighted by Gasteiger charge is 2.17. The number of rotatable bonds is 8. The van der Waals surface area contributed by atoms with Gasteiger partial charge in [-0.15, -0.1) is 20.4 Å². The van der Waals surface area contributed by atoms with Gasteiger partial charge in [0.15, 0.2) is 6.33 Å². The summed E-state index contributed by atoms with van der Waals surface area (Å²) in [6, 6.07) is 5.06. The Hall–Kier alpha value is -3.14. The molecule has 0 saturated heterocycles. The SMILES string of the molecule is COc1cc(-c2nncnn2)ccc1CN(CC(=O)O)CC(=O)O. The smallest absolute Gasteiger partial charge is 0.317 e. The van der Waals surface area contributed by atoms with E-state index in [4.69, 9.17) is 14.9 Å².